The molecule has 0 amide bonds. The Kier molecular flexibility index (Phi) is 5.10. The molecule has 20 heavy (non-hydrogen) atoms. The van der Waals surface area contributed by atoms with Gasteiger partial charge in [-0.15, -0.1) is 0 Å². The van der Waals surface area contributed by atoms with Crippen LogP contribution in [-0.2, 0) is 6.54 Å². The summed E-state index contributed by atoms with van der Waals surface area (Å²) >= 11 is 0. The van der Waals surface area contributed by atoms with Crippen LogP contribution in [0.5, 0.6) is 6.01 Å². The van der Waals surface area contributed by atoms with Crippen LogP contribution in [-0.4, -0.2) is 37.7 Å². The molecule has 0 aromatic carbocycles. The standard InChI is InChI=1S/C12H19N7O/c1-2-8-20-12-17-10(13)16-11(18-12)15-4-3-6-19-7-5-14-9-19/h5,7,9H,2-4,6,8H2,1H3,(H3,13,15,16,17,18). The molecule has 0 atom stereocenters. The summed E-state index contributed by atoms with van der Waals surface area (Å²) in [6.45, 7) is 4.19. The van der Waals surface area contributed by atoms with Crippen molar-refractivity contribution in [3.63, 3.8) is 0 Å². The van der Waals surface area contributed by atoms with E-state index in [-0.39, 0.29) is 12.0 Å². The quantitative estimate of drug-likeness (QED) is 0.692. The van der Waals surface area contributed by atoms with E-state index in [0.717, 1.165) is 25.9 Å². The number of anilines is 2. The molecule has 0 fully saturated rings. The van der Waals surface area contributed by atoms with E-state index in [0.29, 0.717) is 12.6 Å². The monoisotopic (exact) mass is 277 g/mol. The van der Waals surface area contributed by atoms with Gasteiger partial charge in [0.05, 0.1) is 12.9 Å². The van der Waals surface area contributed by atoms with Crippen molar-refractivity contribution >= 4 is 11.9 Å². The topological polar surface area (TPSA) is 104 Å². The zero-order chi connectivity index (χ0) is 14.2. The van der Waals surface area contributed by atoms with Gasteiger partial charge in [-0.3, -0.25) is 0 Å². The number of aryl methyl sites for hydroxylation is 1. The smallest absolute Gasteiger partial charge is 0.323 e. The van der Waals surface area contributed by atoms with Gasteiger partial charge in [0, 0.05) is 25.5 Å². The van der Waals surface area contributed by atoms with Gasteiger partial charge in [0.15, 0.2) is 0 Å². The van der Waals surface area contributed by atoms with Crippen LogP contribution in [0, 0.1) is 0 Å². The van der Waals surface area contributed by atoms with Crippen LogP contribution in [0.3, 0.4) is 0 Å². The van der Waals surface area contributed by atoms with Crippen LogP contribution < -0.4 is 15.8 Å². The van der Waals surface area contributed by atoms with Gasteiger partial charge in [-0.2, -0.15) is 15.0 Å². The van der Waals surface area contributed by atoms with Crippen molar-refractivity contribution in [2.75, 3.05) is 24.2 Å². The fourth-order valence-corrected chi connectivity index (χ4v) is 1.59. The highest BCUT2D eigenvalue weighted by atomic mass is 16.5. The van der Waals surface area contributed by atoms with E-state index in [1.165, 1.54) is 0 Å². The van der Waals surface area contributed by atoms with Gasteiger partial charge in [0.2, 0.25) is 11.9 Å². The minimum absolute atomic E-state index is 0.156. The molecule has 0 bridgehead atoms. The van der Waals surface area contributed by atoms with Crippen molar-refractivity contribution in [2.24, 2.45) is 0 Å². The number of aromatic nitrogens is 5. The van der Waals surface area contributed by atoms with Gasteiger partial charge in [-0.05, 0) is 12.8 Å². The van der Waals surface area contributed by atoms with Crippen LogP contribution in [0.2, 0.25) is 0 Å². The molecule has 0 aliphatic carbocycles. The number of nitrogens with zero attached hydrogens (tertiary/aromatic N) is 5. The predicted molar refractivity (Wildman–Crippen MR) is 75.4 cm³/mol. The highest BCUT2D eigenvalue weighted by Crippen LogP contribution is 2.09. The summed E-state index contributed by atoms with van der Waals surface area (Å²) in [5.74, 6) is 0.595. The number of hydrogen-bond acceptors (Lipinski definition) is 7. The number of nitrogen functional groups attached to an aromatic ring is 1. The maximum atomic E-state index is 5.62. The third kappa shape index (κ3) is 4.38. The molecular formula is C12H19N7O. The van der Waals surface area contributed by atoms with E-state index >= 15 is 0 Å². The number of nitrogens with two attached hydrogens (primary N) is 1. The molecule has 0 aliphatic heterocycles. The van der Waals surface area contributed by atoms with Crippen LogP contribution in [0.15, 0.2) is 18.7 Å². The third-order valence-electron chi connectivity index (χ3n) is 2.50. The number of imidazole rings is 1. The first-order valence-corrected chi connectivity index (χ1v) is 6.62. The Balaban J connectivity index is 1.80. The zero-order valence-corrected chi connectivity index (χ0v) is 11.5. The van der Waals surface area contributed by atoms with Crippen molar-refractivity contribution < 1.29 is 4.74 Å². The largest absolute Gasteiger partial charge is 0.463 e. The van der Waals surface area contributed by atoms with Gasteiger partial charge in [0.25, 0.3) is 0 Å². The van der Waals surface area contributed by atoms with Crippen molar-refractivity contribution in [2.45, 2.75) is 26.3 Å². The molecule has 0 saturated carbocycles. The molecule has 3 N–H and O–H groups in total. The van der Waals surface area contributed by atoms with Crippen molar-refractivity contribution in [1.82, 2.24) is 24.5 Å². The molecule has 8 nitrogen and oxygen atoms in total. The maximum absolute atomic E-state index is 5.62. The van der Waals surface area contributed by atoms with Gasteiger partial charge >= 0.3 is 6.01 Å². The summed E-state index contributed by atoms with van der Waals surface area (Å²) in [5.41, 5.74) is 5.62. The van der Waals surface area contributed by atoms with Crippen LogP contribution in [0.1, 0.15) is 19.8 Å². The first kappa shape index (κ1) is 14.0. The second kappa shape index (κ2) is 7.27. The minimum atomic E-state index is 0.156. The molecular weight excluding hydrogens is 258 g/mol. The van der Waals surface area contributed by atoms with Crippen LogP contribution in [0.4, 0.5) is 11.9 Å². The second-order valence-electron chi connectivity index (χ2n) is 4.23. The molecule has 0 radical (unpaired) electrons. The maximum Gasteiger partial charge on any atom is 0.323 e. The highest BCUT2D eigenvalue weighted by Gasteiger charge is 2.04. The lowest BCUT2D eigenvalue weighted by atomic mass is 10.4. The average Bonchev–Trinajstić information content (AvgIpc) is 2.94. The number of hydrogen-bond donors (Lipinski definition) is 2. The first-order valence-electron chi connectivity index (χ1n) is 6.62. The summed E-state index contributed by atoms with van der Waals surface area (Å²) in [5, 5.41) is 3.11. The lowest BCUT2D eigenvalue weighted by Crippen LogP contribution is -2.11. The summed E-state index contributed by atoms with van der Waals surface area (Å²) in [4.78, 5) is 16.1. The Bertz CT molecular complexity index is 515. The van der Waals surface area contributed by atoms with Gasteiger partial charge in [-0.1, -0.05) is 6.92 Å². The first-order chi connectivity index (χ1) is 9.78. The molecule has 0 aliphatic rings. The second-order valence-corrected chi connectivity index (χ2v) is 4.23. The molecule has 0 unspecified atom stereocenters. The van der Waals surface area contributed by atoms with E-state index in [4.69, 9.17) is 10.5 Å². The van der Waals surface area contributed by atoms with Crippen LogP contribution in [0.25, 0.3) is 0 Å². The van der Waals surface area contributed by atoms with Gasteiger partial charge < -0.3 is 20.4 Å². The molecule has 108 valence electrons. The van der Waals surface area contributed by atoms with E-state index in [1.54, 1.807) is 12.5 Å². The molecule has 2 rings (SSSR count). The lowest BCUT2D eigenvalue weighted by Gasteiger charge is -2.08. The Morgan fingerprint density at radius 1 is 1.35 bits per heavy atom. The SMILES string of the molecule is CCCOc1nc(N)nc(NCCCn2ccnc2)n1. The molecule has 2 aromatic heterocycles. The summed E-state index contributed by atoms with van der Waals surface area (Å²) in [6.07, 6.45) is 7.29. The minimum Gasteiger partial charge on any atom is -0.463 e. The van der Waals surface area contributed by atoms with E-state index in [2.05, 4.69) is 25.3 Å². The average molecular weight is 277 g/mol. The molecule has 0 saturated heterocycles. The van der Waals surface area contributed by atoms with E-state index in [1.807, 2.05) is 17.7 Å². The summed E-state index contributed by atoms with van der Waals surface area (Å²) < 4.78 is 7.36. The van der Waals surface area contributed by atoms with Gasteiger partial charge in [-0.25, -0.2) is 4.98 Å². The fraction of sp³-hybridized carbons (Fsp3) is 0.500. The zero-order valence-electron chi connectivity index (χ0n) is 11.5. The van der Waals surface area contributed by atoms with Gasteiger partial charge in [0.1, 0.15) is 0 Å². The van der Waals surface area contributed by atoms with Crippen molar-refractivity contribution in [3.05, 3.63) is 18.7 Å². The normalized spacial score (nSPS) is 10.4. The number of ether oxygens (including phenoxy) is 1. The highest BCUT2D eigenvalue weighted by molar-refractivity contribution is 5.32. The Hall–Kier alpha value is -2.38. The number of nitrogens with one attached hydrogen (secondary N) is 1. The third-order valence-corrected chi connectivity index (χ3v) is 2.50. The van der Waals surface area contributed by atoms with Crippen molar-refractivity contribution in [3.8, 4) is 6.01 Å². The Morgan fingerprint density at radius 2 is 2.25 bits per heavy atom. The van der Waals surface area contributed by atoms with E-state index < -0.39 is 0 Å². The fourth-order valence-electron chi connectivity index (χ4n) is 1.59. The molecule has 0 spiro atoms. The predicted octanol–water partition coefficient (Wildman–Crippen LogP) is 0.941. The van der Waals surface area contributed by atoms with Crippen LogP contribution >= 0.6 is 0 Å². The molecule has 8 heteroatoms. The summed E-state index contributed by atoms with van der Waals surface area (Å²) in [6, 6.07) is 0.261. The Morgan fingerprint density at radius 3 is 3.00 bits per heavy atom. The lowest BCUT2D eigenvalue weighted by molar-refractivity contribution is 0.292. The summed E-state index contributed by atoms with van der Waals surface area (Å²) in [7, 11) is 0. The number of rotatable bonds is 8. The molecule has 2 heterocycles. The van der Waals surface area contributed by atoms with Crippen molar-refractivity contribution in [1.29, 1.82) is 0 Å². The molecule has 2 aromatic rings. The van der Waals surface area contributed by atoms with E-state index in [9.17, 15) is 0 Å². The Labute approximate surface area is 117 Å².